The minimum Gasteiger partial charge on any atom is -0.388 e. The van der Waals surface area contributed by atoms with Crippen molar-refractivity contribution in [3.63, 3.8) is 0 Å². The van der Waals surface area contributed by atoms with Crippen LogP contribution in [0, 0.1) is 0 Å². The Kier molecular flexibility index (Phi) is 8.49. The second-order valence-electron chi connectivity index (χ2n) is 11.2. The van der Waals surface area contributed by atoms with E-state index in [1.807, 2.05) is 24.3 Å². The van der Waals surface area contributed by atoms with Gasteiger partial charge in [-0.25, -0.2) is 19.7 Å². The van der Waals surface area contributed by atoms with Gasteiger partial charge in [0.1, 0.15) is 17.9 Å². The van der Waals surface area contributed by atoms with Crippen molar-refractivity contribution in [3.8, 4) is 0 Å². The number of imidazole rings is 1. The quantitative estimate of drug-likeness (QED) is 0.312. The Labute approximate surface area is 223 Å². The molecule has 1 unspecified atom stereocenters. The number of nitrogens with two attached hydrogens (primary N) is 1. The van der Waals surface area contributed by atoms with Gasteiger partial charge in [-0.05, 0) is 43.4 Å². The summed E-state index contributed by atoms with van der Waals surface area (Å²) in [6.07, 6.45) is 2.83. The molecule has 3 aromatic rings. The Morgan fingerprint density at radius 3 is 2.66 bits per heavy atom. The number of aliphatic hydroxyl groups is 1. The van der Waals surface area contributed by atoms with Gasteiger partial charge in [0.15, 0.2) is 17.7 Å². The van der Waals surface area contributed by atoms with Crippen LogP contribution in [0.2, 0.25) is 0 Å². The molecular weight excluding hydrogens is 484 g/mol. The average Bonchev–Trinajstić information content (AvgIpc) is 3.44. The van der Waals surface area contributed by atoms with Crippen LogP contribution >= 0.6 is 0 Å². The van der Waals surface area contributed by atoms with Crippen molar-refractivity contribution in [1.82, 2.24) is 29.7 Å². The van der Waals surface area contributed by atoms with E-state index in [-0.39, 0.29) is 23.6 Å². The van der Waals surface area contributed by atoms with Gasteiger partial charge in [-0.15, -0.1) is 0 Å². The Bertz CT molecular complexity index is 1220. The normalized spacial score (nSPS) is 19.9. The maximum atomic E-state index is 12.3. The Morgan fingerprint density at radius 2 is 1.97 bits per heavy atom. The molecule has 38 heavy (non-hydrogen) atoms. The van der Waals surface area contributed by atoms with E-state index in [1.165, 1.54) is 11.9 Å². The lowest BCUT2D eigenvalue weighted by molar-refractivity contribution is -0.0452. The molecule has 206 valence electrons. The molecular formula is C27H40N8O3. The Hall–Kier alpha value is -3.28. The molecule has 3 atom stereocenters. The number of nitrogens with one attached hydrogen (secondary N) is 2. The average molecular weight is 525 g/mol. The number of hydrogen-bond donors (Lipinski definition) is 4. The van der Waals surface area contributed by atoms with Crippen LogP contribution in [-0.2, 0) is 10.2 Å². The molecule has 11 nitrogen and oxygen atoms in total. The molecule has 1 aliphatic rings. The van der Waals surface area contributed by atoms with Crippen LogP contribution in [0.5, 0.6) is 0 Å². The maximum Gasteiger partial charge on any atom is 0.319 e. The third-order valence-corrected chi connectivity index (χ3v) is 6.91. The predicted octanol–water partition coefficient (Wildman–Crippen LogP) is 3.28. The van der Waals surface area contributed by atoms with Crippen LogP contribution in [0.3, 0.4) is 0 Å². The summed E-state index contributed by atoms with van der Waals surface area (Å²) in [6.45, 7) is 12.8. The van der Waals surface area contributed by atoms with Gasteiger partial charge in [0, 0.05) is 37.8 Å². The molecule has 1 fully saturated rings. The molecule has 0 spiro atoms. The number of urea groups is 1. The van der Waals surface area contributed by atoms with Crippen LogP contribution in [0.1, 0.15) is 59.3 Å². The summed E-state index contributed by atoms with van der Waals surface area (Å²) < 4.78 is 7.96. The van der Waals surface area contributed by atoms with E-state index in [4.69, 9.17) is 10.5 Å². The van der Waals surface area contributed by atoms with Crippen molar-refractivity contribution in [3.05, 3.63) is 42.5 Å². The highest BCUT2D eigenvalue weighted by Crippen LogP contribution is 2.32. The van der Waals surface area contributed by atoms with Crippen molar-refractivity contribution >= 4 is 28.7 Å². The fourth-order valence-corrected chi connectivity index (χ4v) is 4.69. The number of nitrogens with zero attached hydrogens (tertiary/aromatic N) is 5. The fourth-order valence-electron chi connectivity index (χ4n) is 4.69. The number of carbonyl (C=O) groups excluding carboxylic acids is 1. The van der Waals surface area contributed by atoms with Crippen LogP contribution in [0.4, 0.5) is 16.3 Å². The van der Waals surface area contributed by atoms with E-state index in [1.54, 1.807) is 10.9 Å². The molecule has 1 saturated heterocycles. The first kappa shape index (κ1) is 27.7. The molecule has 4 rings (SSSR count). The van der Waals surface area contributed by atoms with Crippen LogP contribution in [0.15, 0.2) is 36.9 Å². The van der Waals surface area contributed by atoms with Crippen molar-refractivity contribution in [2.75, 3.05) is 30.7 Å². The van der Waals surface area contributed by atoms with Gasteiger partial charge in [0.25, 0.3) is 0 Å². The first-order valence-corrected chi connectivity index (χ1v) is 13.2. The summed E-state index contributed by atoms with van der Waals surface area (Å²) in [5.74, 6) is 0.296. The number of anilines is 2. The SMILES string of the molecule is CC(C)N(CCCNC(=O)Nc1ccc(C(C)(C)C)cc1)C[C@@H]1C[C@@H](O)C(n2cnc3c(N)ncnc32)O1. The number of nitrogen functional groups attached to an aromatic ring is 1. The lowest BCUT2D eigenvalue weighted by atomic mass is 9.87. The Morgan fingerprint density at radius 1 is 1.24 bits per heavy atom. The molecule has 5 N–H and O–H groups in total. The van der Waals surface area contributed by atoms with E-state index in [9.17, 15) is 9.90 Å². The summed E-state index contributed by atoms with van der Waals surface area (Å²) in [6, 6.07) is 8.01. The predicted molar refractivity (Wildman–Crippen MR) is 148 cm³/mol. The number of carbonyl (C=O) groups is 1. The highest BCUT2D eigenvalue weighted by atomic mass is 16.5. The molecule has 3 heterocycles. The number of aromatic nitrogens is 4. The number of amides is 2. The molecule has 0 aliphatic carbocycles. The smallest absolute Gasteiger partial charge is 0.319 e. The number of hydrogen-bond acceptors (Lipinski definition) is 8. The van der Waals surface area contributed by atoms with Gasteiger partial charge in [-0.3, -0.25) is 9.47 Å². The van der Waals surface area contributed by atoms with Crippen molar-refractivity contribution < 1.29 is 14.6 Å². The van der Waals surface area contributed by atoms with E-state index < -0.39 is 12.3 Å². The Balaban J connectivity index is 1.24. The van der Waals surface area contributed by atoms with Gasteiger partial charge >= 0.3 is 6.03 Å². The molecule has 2 amide bonds. The highest BCUT2D eigenvalue weighted by molar-refractivity contribution is 5.89. The lowest BCUT2D eigenvalue weighted by Crippen LogP contribution is -2.40. The number of rotatable bonds is 9. The van der Waals surface area contributed by atoms with E-state index in [2.05, 4.69) is 65.1 Å². The van der Waals surface area contributed by atoms with Crippen LogP contribution < -0.4 is 16.4 Å². The van der Waals surface area contributed by atoms with Crippen molar-refractivity contribution in [2.24, 2.45) is 0 Å². The summed E-state index contributed by atoms with van der Waals surface area (Å²) in [7, 11) is 0. The van der Waals surface area contributed by atoms with Crippen molar-refractivity contribution in [1.29, 1.82) is 0 Å². The summed E-state index contributed by atoms with van der Waals surface area (Å²) in [4.78, 5) is 27.2. The standard InChI is InChI=1S/C27H40N8O3/c1-17(2)34(12-6-11-29-26(37)33-19-9-7-18(8-10-19)27(3,4)5)14-20-13-21(36)25(38-20)35-16-32-22-23(28)30-15-31-24(22)35/h7-10,15-17,20-21,25,36H,6,11-14H2,1-5H3,(H2,28,30,31)(H2,29,33,37)/t20-,21+,25?/m0/s1. The molecule has 2 aromatic heterocycles. The zero-order chi connectivity index (χ0) is 27.4. The van der Waals surface area contributed by atoms with E-state index in [0.717, 1.165) is 18.7 Å². The minimum atomic E-state index is -0.689. The van der Waals surface area contributed by atoms with Gasteiger partial charge in [-0.1, -0.05) is 32.9 Å². The van der Waals surface area contributed by atoms with E-state index >= 15 is 0 Å². The van der Waals surface area contributed by atoms with E-state index in [0.29, 0.717) is 36.5 Å². The largest absolute Gasteiger partial charge is 0.388 e. The topological polar surface area (TPSA) is 143 Å². The molecule has 11 heteroatoms. The van der Waals surface area contributed by atoms with Gasteiger partial charge in [-0.2, -0.15) is 0 Å². The zero-order valence-corrected chi connectivity index (χ0v) is 22.9. The second-order valence-corrected chi connectivity index (χ2v) is 11.2. The second kappa shape index (κ2) is 11.6. The fraction of sp³-hybridized carbons (Fsp3) is 0.556. The number of fused-ring (bicyclic) bond motifs is 1. The van der Waals surface area contributed by atoms with Crippen molar-refractivity contribution in [2.45, 2.75) is 77.4 Å². The van der Waals surface area contributed by atoms with Crippen LogP contribution in [-0.4, -0.2) is 73.4 Å². The third-order valence-electron chi connectivity index (χ3n) is 6.91. The van der Waals surface area contributed by atoms with Gasteiger partial charge in [0.2, 0.25) is 0 Å². The maximum absolute atomic E-state index is 12.3. The molecule has 1 aromatic carbocycles. The summed E-state index contributed by atoms with van der Waals surface area (Å²) in [5.41, 5.74) is 8.99. The monoisotopic (exact) mass is 524 g/mol. The lowest BCUT2D eigenvalue weighted by Gasteiger charge is -2.29. The molecule has 0 radical (unpaired) electrons. The first-order valence-electron chi connectivity index (χ1n) is 13.2. The zero-order valence-electron chi connectivity index (χ0n) is 22.9. The minimum absolute atomic E-state index is 0.0724. The molecule has 0 bridgehead atoms. The third kappa shape index (κ3) is 6.58. The van der Waals surface area contributed by atoms with Gasteiger partial charge < -0.3 is 26.2 Å². The molecule has 0 saturated carbocycles. The van der Waals surface area contributed by atoms with Crippen LogP contribution in [0.25, 0.3) is 11.2 Å². The highest BCUT2D eigenvalue weighted by Gasteiger charge is 2.37. The first-order chi connectivity index (χ1) is 18.0. The van der Waals surface area contributed by atoms with Gasteiger partial charge in [0.05, 0.1) is 12.4 Å². The summed E-state index contributed by atoms with van der Waals surface area (Å²) >= 11 is 0. The number of ether oxygens (including phenoxy) is 1. The number of benzene rings is 1. The number of aliphatic hydroxyl groups excluding tert-OH is 1. The summed E-state index contributed by atoms with van der Waals surface area (Å²) in [5, 5.41) is 16.6. The molecule has 1 aliphatic heterocycles.